The Hall–Kier alpha value is -3.32. The van der Waals surface area contributed by atoms with Crippen LogP contribution < -0.4 is 10.6 Å². The molecule has 132 valence electrons. The van der Waals surface area contributed by atoms with Crippen LogP contribution in [0.25, 0.3) is 11.0 Å². The number of pyridine rings is 1. The number of anilines is 2. The van der Waals surface area contributed by atoms with E-state index in [0.29, 0.717) is 27.5 Å². The molecule has 26 heavy (non-hydrogen) atoms. The fraction of sp³-hybridized carbons (Fsp3) is 0.188. The van der Waals surface area contributed by atoms with E-state index in [1.54, 1.807) is 12.3 Å². The largest absolute Gasteiger partial charge is 0.465 e. The Labute approximate surface area is 152 Å². The number of amides is 1. The third-order valence-corrected chi connectivity index (χ3v) is 4.64. The summed E-state index contributed by atoms with van der Waals surface area (Å²) in [7, 11) is 1.44. The molecule has 3 heterocycles. The topological polar surface area (TPSA) is 142 Å². The predicted octanol–water partition coefficient (Wildman–Crippen LogP) is 3.04. The van der Waals surface area contributed by atoms with Crippen LogP contribution in [-0.4, -0.2) is 33.2 Å². The predicted molar refractivity (Wildman–Crippen MR) is 95.9 cm³/mol. The van der Waals surface area contributed by atoms with Crippen molar-refractivity contribution in [1.82, 2.24) is 15.0 Å². The number of nitrogens with two attached hydrogens (primary N) is 1. The summed E-state index contributed by atoms with van der Waals surface area (Å²) in [5.41, 5.74) is 7.48. The number of carboxylic acid groups (broad SMARTS) is 1. The van der Waals surface area contributed by atoms with Crippen LogP contribution >= 0.6 is 11.8 Å². The van der Waals surface area contributed by atoms with Crippen LogP contribution in [0.15, 0.2) is 34.2 Å². The number of hydrogen-bond acceptors (Lipinski definition) is 8. The number of furan rings is 1. The van der Waals surface area contributed by atoms with Crippen LogP contribution in [0.3, 0.4) is 0 Å². The molecule has 0 fully saturated rings. The van der Waals surface area contributed by atoms with Crippen molar-refractivity contribution in [3.8, 4) is 6.07 Å². The number of thioether (sulfide) groups is 1. The second-order valence-corrected chi connectivity index (χ2v) is 6.71. The summed E-state index contributed by atoms with van der Waals surface area (Å²) in [5.74, 6) is 0.217. The second-order valence-electron chi connectivity index (χ2n) is 5.40. The fourth-order valence-electron chi connectivity index (χ4n) is 2.29. The number of aromatic nitrogens is 3. The van der Waals surface area contributed by atoms with Crippen LogP contribution in [-0.2, 0) is 0 Å². The van der Waals surface area contributed by atoms with Crippen LogP contribution in [0.4, 0.5) is 16.3 Å². The molecule has 3 aromatic rings. The van der Waals surface area contributed by atoms with E-state index in [1.807, 2.05) is 13.0 Å². The van der Waals surface area contributed by atoms with Crippen molar-refractivity contribution in [2.24, 2.45) is 0 Å². The maximum Gasteiger partial charge on any atom is 0.411 e. The summed E-state index contributed by atoms with van der Waals surface area (Å²) < 4.78 is 5.37. The van der Waals surface area contributed by atoms with Crippen molar-refractivity contribution in [3.05, 3.63) is 36.0 Å². The molecule has 0 aliphatic rings. The molecular weight excluding hydrogens is 356 g/mol. The average molecular weight is 370 g/mol. The van der Waals surface area contributed by atoms with Crippen molar-refractivity contribution >= 4 is 40.3 Å². The summed E-state index contributed by atoms with van der Waals surface area (Å²) in [6.07, 6.45) is 1.83. The Kier molecular flexibility index (Phi) is 4.64. The van der Waals surface area contributed by atoms with Gasteiger partial charge in [-0.1, -0.05) is 11.8 Å². The zero-order valence-corrected chi connectivity index (χ0v) is 14.7. The van der Waals surface area contributed by atoms with Crippen LogP contribution in [0.2, 0.25) is 0 Å². The van der Waals surface area contributed by atoms with Gasteiger partial charge in [0.15, 0.2) is 10.7 Å². The third-order valence-electron chi connectivity index (χ3n) is 3.65. The van der Waals surface area contributed by atoms with Crippen LogP contribution in [0.5, 0.6) is 0 Å². The van der Waals surface area contributed by atoms with Gasteiger partial charge in [-0.05, 0) is 13.0 Å². The van der Waals surface area contributed by atoms with Crippen molar-refractivity contribution < 1.29 is 14.3 Å². The SMILES string of the molecule is CC(Sc1nc(N)cc(C#N)n1)c1cc2c(N(C)C(=O)O)coc2cn1. The minimum absolute atomic E-state index is 0.161. The van der Waals surface area contributed by atoms with Gasteiger partial charge >= 0.3 is 6.09 Å². The van der Waals surface area contributed by atoms with E-state index in [9.17, 15) is 9.90 Å². The Bertz CT molecular complexity index is 1030. The Morgan fingerprint density at radius 2 is 2.23 bits per heavy atom. The van der Waals surface area contributed by atoms with Crippen molar-refractivity contribution in [3.63, 3.8) is 0 Å². The standard InChI is InChI=1S/C16H14N6O3S/c1-8(26-15-20-9(5-17)3-14(18)21-15)11-4-10-12(22(2)16(23)24)7-25-13(10)6-19-11/h3-4,6-8H,1-2H3,(H,23,24)(H2,18,20,21). The van der Waals surface area contributed by atoms with Crippen molar-refractivity contribution in [2.45, 2.75) is 17.3 Å². The van der Waals surface area contributed by atoms with Gasteiger partial charge in [-0.3, -0.25) is 9.88 Å². The summed E-state index contributed by atoms with van der Waals surface area (Å²) >= 11 is 1.30. The first-order valence-electron chi connectivity index (χ1n) is 7.44. The minimum atomic E-state index is -1.09. The molecule has 9 nitrogen and oxygen atoms in total. The quantitative estimate of drug-likeness (QED) is 0.523. The number of nitrogen functional groups attached to an aromatic ring is 1. The lowest BCUT2D eigenvalue weighted by atomic mass is 10.2. The van der Waals surface area contributed by atoms with Gasteiger partial charge in [-0.2, -0.15) is 5.26 Å². The van der Waals surface area contributed by atoms with Gasteiger partial charge < -0.3 is 15.3 Å². The maximum atomic E-state index is 11.2. The zero-order chi connectivity index (χ0) is 18.8. The molecule has 1 atom stereocenters. The maximum absolute atomic E-state index is 11.2. The van der Waals surface area contributed by atoms with Gasteiger partial charge in [0.25, 0.3) is 0 Å². The average Bonchev–Trinajstić information content (AvgIpc) is 3.03. The number of hydrogen-bond donors (Lipinski definition) is 2. The van der Waals surface area contributed by atoms with Gasteiger partial charge in [0.05, 0.1) is 22.8 Å². The smallest absolute Gasteiger partial charge is 0.411 e. The number of fused-ring (bicyclic) bond motifs is 1. The highest BCUT2D eigenvalue weighted by Gasteiger charge is 2.18. The Balaban J connectivity index is 1.92. The third kappa shape index (κ3) is 3.38. The van der Waals surface area contributed by atoms with Crippen LogP contribution in [0, 0.1) is 11.3 Å². The molecule has 3 rings (SSSR count). The number of nitriles is 1. The lowest BCUT2D eigenvalue weighted by Gasteiger charge is -2.12. The van der Waals surface area contributed by atoms with Gasteiger partial charge in [0.1, 0.15) is 23.8 Å². The number of carbonyl (C=O) groups is 1. The summed E-state index contributed by atoms with van der Waals surface area (Å²) in [5, 5.41) is 19.0. The molecule has 0 bridgehead atoms. The lowest BCUT2D eigenvalue weighted by molar-refractivity contribution is 0.203. The molecule has 10 heteroatoms. The molecule has 0 aliphatic heterocycles. The zero-order valence-electron chi connectivity index (χ0n) is 13.9. The van der Waals surface area contributed by atoms with E-state index < -0.39 is 6.09 Å². The van der Waals surface area contributed by atoms with Gasteiger partial charge in [0.2, 0.25) is 0 Å². The Morgan fingerprint density at radius 1 is 1.46 bits per heavy atom. The van der Waals surface area contributed by atoms with Crippen molar-refractivity contribution in [2.75, 3.05) is 17.7 Å². The van der Waals surface area contributed by atoms with Gasteiger partial charge in [0, 0.05) is 18.5 Å². The molecule has 1 amide bonds. The highest BCUT2D eigenvalue weighted by atomic mass is 32.2. The normalized spacial score (nSPS) is 11.9. The fourth-order valence-corrected chi connectivity index (χ4v) is 3.17. The molecule has 3 aromatic heterocycles. The molecule has 0 saturated carbocycles. The van der Waals surface area contributed by atoms with E-state index in [0.717, 1.165) is 4.90 Å². The molecule has 0 saturated heterocycles. The highest BCUT2D eigenvalue weighted by molar-refractivity contribution is 7.99. The molecule has 0 aliphatic carbocycles. The first kappa shape index (κ1) is 17.5. The van der Waals surface area contributed by atoms with Gasteiger partial charge in [-0.25, -0.2) is 14.8 Å². The van der Waals surface area contributed by atoms with E-state index in [4.69, 9.17) is 15.4 Å². The highest BCUT2D eigenvalue weighted by Crippen LogP contribution is 2.35. The van der Waals surface area contributed by atoms with E-state index in [-0.39, 0.29) is 16.8 Å². The van der Waals surface area contributed by atoms with Crippen LogP contribution in [0.1, 0.15) is 23.6 Å². The lowest BCUT2D eigenvalue weighted by Crippen LogP contribution is -2.23. The summed E-state index contributed by atoms with van der Waals surface area (Å²) in [6.45, 7) is 1.90. The summed E-state index contributed by atoms with van der Waals surface area (Å²) in [4.78, 5) is 24.9. The Morgan fingerprint density at radius 3 is 2.92 bits per heavy atom. The number of nitrogens with zero attached hydrogens (tertiary/aromatic N) is 5. The van der Waals surface area contributed by atoms with Crippen molar-refractivity contribution in [1.29, 1.82) is 5.26 Å². The monoisotopic (exact) mass is 370 g/mol. The molecule has 0 spiro atoms. The molecule has 1 unspecified atom stereocenters. The first-order chi connectivity index (χ1) is 12.4. The van der Waals surface area contributed by atoms with E-state index in [2.05, 4.69) is 15.0 Å². The molecule has 3 N–H and O–H groups in total. The molecular formula is C16H14N6O3S. The molecule has 0 aromatic carbocycles. The number of rotatable bonds is 4. The first-order valence-corrected chi connectivity index (χ1v) is 8.32. The summed E-state index contributed by atoms with van der Waals surface area (Å²) in [6, 6.07) is 5.11. The van der Waals surface area contributed by atoms with E-state index in [1.165, 1.54) is 31.1 Å². The van der Waals surface area contributed by atoms with E-state index >= 15 is 0 Å². The van der Waals surface area contributed by atoms with Gasteiger partial charge in [-0.15, -0.1) is 0 Å². The minimum Gasteiger partial charge on any atom is -0.465 e. The second kappa shape index (κ2) is 6.89. The molecule has 0 radical (unpaired) electrons.